The van der Waals surface area contributed by atoms with Gasteiger partial charge in [-0.1, -0.05) is 0 Å². The Morgan fingerprint density at radius 2 is 2.21 bits per heavy atom. The molecule has 0 aromatic carbocycles. The summed E-state index contributed by atoms with van der Waals surface area (Å²) in [5.74, 6) is 0.405. The summed E-state index contributed by atoms with van der Waals surface area (Å²) >= 11 is 0. The molecule has 0 bridgehead atoms. The zero-order valence-corrected chi connectivity index (χ0v) is 10.7. The number of morpholine rings is 1. The number of nitrogens with zero attached hydrogens (tertiary/aromatic N) is 2. The van der Waals surface area contributed by atoms with Crippen molar-refractivity contribution in [3.05, 3.63) is 24.0 Å². The smallest absolute Gasteiger partial charge is 0.263 e. The largest absolute Gasteiger partial charge is 0.479 e. The first kappa shape index (κ1) is 13.5. The number of carbonyl (C=O) groups is 2. The van der Waals surface area contributed by atoms with E-state index in [1.54, 1.807) is 24.0 Å². The molecule has 1 saturated heterocycles. The fourth-order valence-electron chi connectivity index (χ4n) is 1.83. The van der Waals surface area contributed by atoms with Gasteiger partial charge < -0.3 is 14.4 Å². The van der Waals surface area contributed by atoms with E-state index in [2.05, 4.69) is 4.98 Å². The SMILES string of the molecule is CC(Oc1ccc(C=O)nc1)C(=O)N1CCOCC1. The number of hydrogen-bond acceptors (Lipinski definition) is 5. The van der Waals surface area contributed by atoms with Crippen molar-refractivity contribution in [3.8, 4) is 5.75 Å². The molecule has 1 aliphatic heterocycles. The van der Waals surface area contributed by atoms with Crippen LogP contribution in [0.2, 0.25) is 0 Å². The predicted molar refractivity (Wildman–Crippen MR) is 67.1 cm³/mol. The van der Waals surface area contributed by atoms with Crippen LogP contribution in [0.3, 0.4) is 0 Å². The Labute approximate surface area is 111 Å². The molecule has 6 nitrogen and oxygen atoms in total. The van der Waals surface area contributed by atoms with Crippen LogP contribution in [0.1, 0.15) is 17.4 Å². The molecule has 1 atom stereocenters. The van der Waals surface area contributed by atoms with E-state index in [4.69, 9.17) is 9.47 Å². The van der Waals surface area contributed by atoms with Gasteiger partial charge in [0.25, 0.3) is 5.91 Å². The Hall–Kier alpha value is -1.95. The Morgan fingerprint density at radius 3 is 2.79 bits per heavy atom. The molecule has 1 aromatic rings. The van der Waals surface area contributed by atoms with Gasteiger partial charge in [-0.25, -0.2) is 4.98 Å². The van der Waals surface area contributed by atoms with Crippen LogP contribution in [-0.2, 0) is 9.53 Å². The molecule has 0 N–H and O–H groups in total. The van der Waals surface area contributed by atoms with E-state index >= 15 is 0 Å². The quantitative estimate of drug-likeness (QED) is 0.742. The normalized spacial score (nSPS) is 16.8. The summed E-state index contributed by atoms with van der Waals surface area (Å²) in [6, 6.07) is 3.17. The fourth-order valence-corrected chi connectivity index (χ4v) is 1.83. The highest BCUT2D eigenvalue weighted by atomic mass is 16.5. The summed E-state index contributed by atoms with van der Waals surface area (Å²) in [7, 11) is 0. The lowest BCUT2D eigenvalue weighted by Crippen LogP contribution is -2.46. The molecule has 2 heterocycles. The van der Waals surface area contributed by atoms with E-state index in [9.17, 15) is 9.59 Å². The highest BCUT2D eigenvalue weighted by Gasteiger charge is 2.23. The molecule has 1 fully saturated rings. The number of ether oxygens (including phenoxy) is 2. The van der Waals surface area contributed by atoms with Gasteiger partial charge in [-0.15, -0.1) is 0 Å². The first-order valence-corrected chi connectivity index (χ1v) is 6.15. The number of hydrogen-bond donors (Lipinski definition) is 0. The standard InChI is InChI=1S/C13H16N2O4/c1-10(13(17)15-4-6-18-7-5-15)19-12-3-2-11(9-16)14-8-12/h2-3,8-10H,4-7H2,1H3. The molecule has 0 radical (unpaired) electrons. The van der Waals surface area contributed by atoms with Crippen LogP contribution in [-0.4, -0.2) is 54.5 Å². The Bertz CT molecular complexity index is 440. The number of rotatable bonds is 4. The monoisotopic (exact) mass is 264 g/mol. The van der Waals surface area contributed by atoms with Gasteiger partial charge in [0.15, 0.2) is 12.4 Å². The molecule has 6 heteroatoms. The predicted octanol–water partition coefficient (Wildman–Crippen LogP) is 0.520. The third-order valence-corrected chi connectivity index (χ3v) is 2.86. The Kier molecular flexibility index (Phi) is 4.46. The second-order valence-corrected chi connectivity index (χ2v) is 4.23. The van der Waals surface area contributed by atoms with Crippen LogP contribution >= 0.6 is 0 Å². The van der Waals surface area contributed by atoms with Gasteiger partial charge in [-0.3, -0.25) is 9.59 Å². The molecule has 19 heavy (non-hydrogen) atoms. The molecular formula is C13H16N2O4. The van der Waals surface area contributed by atoms with Gasteiger partial charge in [0.2, 0.25) is 0 Å². The van der Waals surface area contributed by atoms with Gasteiger partial charge in [-0.2, -0.15) is 0 Å². The summed E-state index contributed by atoms with van der Waals surface area (Å²) < 4.78 is 10.7. The van der Waals surface area contributed by atoms with Gasteiger partial charge in [-0.05, 0) is 19.1 Å². The minimum atomic E-state index is -0.581. The lowest BCUT2D eigenvalue weighted by molar-refractivity contribution is -0.142. The van der Waals surface area contributed by atoms with Crippen LogP contribution in [0, 0.1) is 0 Å². The topological polar surface area (TPSA) is 68.7 Å². The average Bonchev–Trinajstić information content (AvgIpc) is 2.48. The Balaban J connectivity index is 1.93. The van der Waals surface area contributed by atoms with Crippen molar-refractivity contribution in [3.63, 3.8) is 0 Å². The Morgan fingerprint density at radius 1 is 1.47 bits per heavy atom. The molecular weight excluding hydrogens is 248 g/mol. The summed E-state index contributed by atoms with van der Waals surface area (Å²) in [4.78, 5) is 28.2. The number of carbonyl (C=O) groups excluding carboxylic acids is 2. The highest BCUT2D eigenvalue weighted by Crippen LogP contribution is 2.12. The number of pyridine rings is 1. The maximum absolute atomic E-state index is 12.1. The van der Waals surface area contributed by atoms with Gasteiger partial charge >= 0.3 is 0 Å². The molecule has 0 aliphatic carbocycles. The van der Waals surface area contributed by atoms with E-state index in [1.165, 1.54) is 6.20 Å². The molecule has 1 unspecified atom stereocenters. The van der Waals surface area contributed by atoms with Gasteiger partial charge in [0, 0.05) is 13.1 Å². The fraction of sp³-hybridized carbons (Fsp3) is 0.462. The van der Waals surface area contributed by atoms with Crippen molar-refractivity contribution in [2.24, 2.45) is 0 Å². The highest BCUT2D eigenvalue weighted by molar-refractivity contribution is 5.81. The third kappa shape index (κ3) is 3.51. The van der Waals surface area contributed by atoms with E-state index in [1.807, 2.05) is 0 Å². The third-order valence-electron chi connectivity index (χ3n) is 2.86. The van der Waals surface area contributed by atoms with Crippen LogP contribution < -0.4 is 4.74 Å². The molecule has 2 rings (SSSR count). The second-order valence-electron chi connectivity index (χ2n) is 4.23. The first-order chi connectivity index (χ1) is 9.20. The average molecular weight is 264 g/mol. The van der Waals surface area contributed by atoms with Crippen LogP contribution in [0.5, 0.6) is 5.75 Å². The van der Waals surface area contributed by atoms with Gasteiger partial charge in [0.05, 0.1) is 19.4 Å². The minimum absolute atomic E-state index is 0.0669. The van der Waals surface area contributed by atoms with E-state index < -0.39 is 6.10 Å². The lowest BCUT2D eigenvalue weighted by atomic mass is 10.3. The molecule has 1 amide bonds. The number of amides is 1. The lowest BCUT2D eigenvalue weighted by Gasteiger charge is -2.29. The summed E-state index contributed by atoms with van der Waals surface area (Å²) in [5, 5.41) is 0. The maximum Gasteiger partial charge on any atom is 0.263 e. The second kappa shape index (κ2) is 6.29. The summed E-state index contributed by atoms with van der Waals surface area (Å²) in [6.45, 7) is 4.01. The summed E-state index contributed by atoms with van der Waals surface area (Å²) in [5.41, 5.74) is 0.333. The minimum Gasteiger partial charge on any atom is -0.479 e. The van der Waals surface area contributed by atoms with Crippen molar-refractivity contribution in [2.75, 3.05) is 26.3 Å². The van der Waals surface area contributed by atoms with Crippen LogP contribution in [0.4, 0.5) is 0 Å². The van der Waals surface area contributed by atoms with E-state index in [0.29, 0.717) is 44.0 Å². The number of aromatic nitrogens is 1. The first-order valence-electron chi connectivity index (χ1n) is 6.15. The van der Waals surface area contributed by atoms with Crippen molar-refractivity contribution < 1.29 is 19.1 Å². The maximum atomic E-state index is 12.1. The van der Waals surface area contributed by atoms with Crippen molar-refractivity contribution in [1.82, 2.24) is 9.88 Å². The van der Waals surface area contributed by atoms with Crippen molar-refractivity contribution in [1.29, 1.82) is 0 Å². The molecule has 102 valence electrons. The molecule has 0 saturated carbocycles. The summed E-state index contributed by atoms with van der Waals surface area (Å²) in [6.07, 6.45) is 1.51. The van der Waals surface area contributed by atoms with Gasteiger partial charge in [0.1, 0.15) is 11.4 Å². The molecule has 0 spiro atoms. The van der Waals surface area contributed by atoms with E-state index in [0.717, 1.165) is 0 Å². The number of aldehydes is 1. The zero-order chi connectivity index (χ0) is 13.7. The zero-order valence-electron chi connectivity index (χ0n) is 10.7. The van der Waals surface area contributed by atoms with Crippen molar-refractivity contribution >= 4 is 12.2 Å². The van der Waals surface area contributed by atoms with Crippen LogP contribution in [0.25, 0.3) is 0 Å². The van der Waals surface area contributed by atoms with E-state index in [-0.39, 0.29) is 5.91 Å². The van der Waals surface area contributed by atoms with Crippen molar-refractivity contribution in [2.45, 2.75) is 13.0 Å². The molecule has 1 aliphatic rings. The molecule has 1 aromatic heterocycles. The van der Waals surface area contributed by atoms with Crippen LogP contribution in [0.15, 0.2) is 18.3 Å².